The van der Waals surface area contributed by atoms with E-state index in [4.69, 9.17) is 0 Å². The first-order valence-electron chi connectivity index (χ1n) is 22.0. The van der Waals surface area contributed by atoms with E-state index in [2.05, 4.69) is 64.4 Å². The Bertz CT molecular complexity index is 2590. The zero-order valence-electron chi connectivity index (χ0n) is 35.6. The number of anilines is 2. The minimum atomic E-state index is -1.02. The van der Waals surface area contributed by atoms with Gasteiger partial charge < -0.3 is 20.1 Å². The molecule has 3 N–H and O–H groups in total. The lowest BCUT2D eigenvalue weighted by Crippen LogP contribution is -2.54. The van der Waals surface area contributed by atoms with Gasteiger partial charge in [-0.2, -0.15) is 5.26 Å². The highest BCUT2D eigenvalue weighted by Crippen LogP contribution is 2.46. The maximum absolute atomic E-state index is 14.1. The van der Waals surface area contributed by atoms with Crippen molar-refractivity contribution in [2.75, 3.05) is 56.0 Å². The second kappa shape index (κ2) is 16.2. The van der Waals surface area contributed by atoms with E-state index in [1.54, 1.807) is 24.3 Å². The van der Waals surface area contributed by atoms with Crippen molar-refractivity contribution in [1.82, 2.24) is 25.0 Å². The summed E-state index contributed by atoms with van der Waals surface area (Å²) in [4.78, 5) is 89.5. The van der Waals surface area contributed by atoms with E-state index in [9.17, 15) is 34.0 Å². The van der Waals surface area contributed by atoms with E-state index in [-0.39, 0.29) is 35.7 Å². The number of fused-ring (bicyclic) bond motifs is 5. The number of piperidine rings is 2. The number of aromatic nitrogens is 1. The lowest BCUT2D eigenvalue weighted by Gasteiger charge is -2.44. The standard InChI is InChI=1S/C48H52N8O6/c1-4-29-25-33-34(48(2,3)44-42(43(33)59)31-12-11-28(27-49)24-36(31)51-44)26-38(29)54-18-15-30(16-19-54)53-20-22-55(23-21-53)40(58)10-5-6-17-50-35-9-7-8-32-41(35)47(62)56(46(32)61)37-13-14-39(57)52-45(37)60/h7-9,11-12,24-26,30,37,50-51H,4-6,10,13-23H2,1-3H3,(H,52,57,60). The van der Waals surface area contributed by atoms with E-state index in [1.165, 1.54) is 11.3 Å². The first-order valence-corrected chi connectivity index (χ1v) is 22.0. The highest BCUT2D eigenvalue weighted by atomic mass is 16.2. The van der Waals surface area contributed by atoms with Crippen LogP contribution in [0.5, 0.6) is 0 Å². The van der Waals surface area contributed by atoms with Crippen molar-refractivity contribution in [2.45, 2.75) is 89.6 Å². The van der Waals surface area contributed by atoms with E-state index < -0.39 is 35.1 Å². The van der Waals surface area contributed by atoms with Gasteiger partial charge in [0.15, 0.2) is 5.78 Å². The van der Waals surface area contributed by atoms with Crippen molar-refractivity contribution in [3.63, 3.8) is 0 Å². The molecule has 5 aliphatic rings. The molecule has 5 amide bonds. The molecule has 1 unspecified atom stereocenters. The molecule has 5 heterocycles. The number of rotatable bonds is 10. The summed E-state index contributed by atoms with van der Waals surface area (Å²) in [7, 11) is 0. The summed E-state index contributed by atoms with van der Waals surface area (Å²) in [5, 5.41) is 15.8. The van der Waals surface area contributed by atoms with Gasteiger partial charge >= 0.3 is 0 Å². The zero-order valence-corrected chi connectivity index (χ0v) is 35.6. The van der Waals surface area contributed by atoms with Crippen LogP contribution in [0.2, 0.25) is 0 Å². The average molecular weight is 837 g/mol. The fraction of sp³-hybridized carbons (Fsp3) is 0.438. The third-order valence-electron chi connectivity index (χ3n) is 13.9. The van der Waals surface area contributed by atoms with E-state index in [0.717, 1.165) is 78.1 Å². The van der Waals surface area contributed by atoms with Crippen molar-refractivity contribution < 1.29 is 28.8 Å². The second-order valence-corrected chi connectivity index (χ2v) is 17.8. The molecule has 1 aliphatic carbocycles. The Labute approximate surface area is 360 Å². The number of nitrogens with one attached hydrogen (secondary N) is 3. The topological polar surface area (TPSA) is 179 Å². The molecule has 320 valence electrons. The zero-order chi connectivity index (χ0) is 43.4. The molecule has 3 saturated heterocycles. The lowest BCUT2D eigenvalue weighted by atomic mass is 9.70. The van der Waals surface area contributed by atoms with Crippen LogP contribution < -0.4 is 15.5 Å². The Morgan fingerprint density at radius 3 is 2.39 bits per heavy atom. The number of H-pyrrole nitrogens is 1. The summed E-state index contributed by atoms with van der Waals surface area (Å²) in [5.41, 5.74) is 7.70. The predicted molar refractivity (Wildman–Crippen MR) is 233 cm³/mol. The summed E-state index contributed by atoms with van der Waals surface area (Å²) >= 11 is 0. The number of aryl methyl sites for hydroxylation is 1. The minimum Gasteiger partial charge on any atom is -0.384 e. The van der Waals surface area contributed by atoms with Gasteiger partial charge in [0.1, 0.15) is 6.04 Å². The Balaban J connectivity index is 0.751. The Hall–Kier alpha value is -6.33. The fourth-order valence-corrected chi connectivity index (χ4v) is 10.4. The van der Waals surface area contributed by atoms with E-state index >= 15 is 0 Å². The Morgan fingerprint density at radius 1 is 0.887 bits per heavy atom. The number of ketones is 1. The van der Waals surface area contributed by atoms with E-state index in [1.807, 2.05) is 17.0 Å². The highest BCUT2D eigenvalue weighted by Gasteiger charge is 2.46. The fourth-order valence-electron chi connectivity index (χ4n) is 10.4. The molecule has 3 aromatic carbocycles. The van der Waals surface area contributed by atoms with Gasteiger partial charge in [0.25, 0.3) is 11.8 Å². The number of unbranched alkanes of at least 4 members (excludes halogenated alkanes) is 1. The SMILES string of the molecule is CCc1cc2c(cc1N1CCC(N3CCN(C(=O)CCCCNc4cccc5c4C(=O)N(C4CCC(=O)NC4=O)C5=O)CC3)CC1)C(C)(C)c1[nH]c3cc(C#N)ccc3c1C2=O. The van der Waals surface area contributed by atoms with Gasteiger partial charge in [0.05, 0.1) is 28.3 Å². The van der Waals surface area contributed by atoms with Gasteiger partial charge in [0.2, 0.25) is 17.7 Å². The maximum Gasteiger partial charge on any atom is 0.264 e. The van der Waals surface area contributed by atoms with Crippen LogP contribution in [-0.4, -0.2) is 113 Å². The second-order valence-electron chi connectivity index (χ2n) is 17.8. The molecule has 0 spiro atoms. The summed E-state index contributed by atoms with van der Waals surface area (Å²) in [6, 6.07) is 16.5. The number of piperazine rings is 1. The number of hydrogen-bond acceptors (Lipinski definition) is 10. The molecule has 0 bridgehead atoms. The van der Waals surface area contributed by atoms with E-state index in [0.29, 0.717) is 61.8 Å². The van der Waals surface area contributed by atoms with Crippen LogP contribution in [0, 0.1) is 11.3 Å². The summed E-state index contributed by atoms with van der Waals surface area (Å²) in [6.45, 7) is 11.9. The number of carbonyl (C=O) groups excluding carboxylic acids is 6. The average Bonchev–Trinajstić information content (AvgIpc) is 3.80. The molecule has 9 rings (SSSR count). The van der Waals surface area contributed by atoms with Crippen LogP contribution >= 0.6 is 0 Å². The molecule has 62 heavy (non-hydrogen) atoms. The monoisotopic (exact) mass is 836 g/mol. The Morgan fingerprint density at radius 2 is 1.66 bits per heavy atom. The minimum absolute atomic E-state index is 0.0342. The van der Waals surface area contributed by atoms with Gasteiger partial charge in [-0.15, -0.1) is 0 Å². The normalized spacial score (nSPS) is 20.3. The quantitative estimate of drug-likeness (QED) is 0.141. The molecule has 0 saturated carbocycles. The summed E-state index contributed by atoms with van der Waals surface area (Å²) in [5.74, 6) is -1.96. The van der Waals surface area contributed by atoms with Gasteiger partial charge in [-0.25, -0.2) is 0 Å². The molecule has 0 radical (unpaired) electrons. The number of amides is 5. The van der Waals surface area contributed by atoms with Gasteiger partial charge in [-0.3, -0.25) is 43.9 Å². The van der Waals surface area contributed by atoms with Crippen LogP contribution in [0.4, 0.5) is 11.4 Å². The number of carbonyl (C=O) groups is 6. The molecular weight excluding hydrogens is 785 g/mol. The molecular formula is C48H52N8O6. The number of aromatic amines is 1. The van der Waals surface area contributed by atoms with Crippen molar-refractivity contribution in [3.8, 4) is 6.07 Å². The van der Waals surface area contributed by atoms with Crippen LogP contribution in [0.15, 0.2) is 48.5 Å². The number of benzene rings is 3. The largest absolute Gasteiger partial charge is 0.384 e. The third kappa shape index (κ3) is 7.02. The maximum atomic E-state index is 14.1. The number of nitriles is 1. The Kier molecular flexibility index (Phi) is 10.7. The molecule has 4 aromatic rings. The smallest absolute Gasteiger partial charge is 0.264 e. The molecule has 3 fully saturated rings. The summed E-state index contributed by atoms with van der Waals surface area (Å²) in [6.07, 6.45) is 4.83. The molecule has 1 atom stereocenters. The molecule has 1 aromatic heterocycles. The van der Waals surface area contributed by atoms with Gasteiger partial charge in [-0.1, -0.05) is 32.9 Å². The van der Waals surface area contributed by atoms with Gasteiger partial charge in [0, 0.05) is 104 Å². The molecule has 4 aliphatic heterocycles. The molecule has 14 nitrogen and oxygen atoms in total. The van der Waals surface area contributed by atoms with Crippen molar-refractivity contribution in [1.29, 1.82) is 5.26 Å². The number of imide groups is 2. The highest BCUT2D eigenvalue weighted by molar-refractivity contribution is 6.25. The predicted octanol–water partition coefficient (Wildman–Crippen LogP) is 5.27. The van der Waals surface area contributed by atoms with Crippen molar-refractivity contribution >= 4 is 57.6 Å². The van der Waals surface area contributed by atoms with Crippen LogP contribution in [0.3, 0.4) is 0 Å². The third-order valence-corrected chi connectivity index (χ3v) is 13.9. The first-order chi connectivity index (χ1) is 29.9. The van der Waals surface area contributed by atoms with Crippen LogP contribution in [0.1, 0.15) is 125 Å². The lowest BCUT2D eigenvalue weighted by molar-refractivity contribution is -0.136. The summed E-state index contributed by atoms with van der Waals surface area (Å²) < 4.78 is 0. The number of hydrogen-bond donors (Lipinski definition) is 3. The van der Waals surface area contributed by atoms with Crippen molar-refractivity contribution in [3.05, 3.63) is 93.2 Å². The van der Waals surface area contributed by atoms with Crippen LogP contribution in [-0.2, 0) is 26.2 Å². The first kappa shape index (κ1) is 41.0. The molecule has 14 heteroatoms. The van der Waals surface area contributed by atoms with Crippen LogP contribution in [0.25, 0.3) is 10.9 Å². The van der Waals surface area contributed by atoms with Crippen molar-refractivity contribution in [2.24, 2.45) is 0 Å². The number of nitrogens with zero attached hydrogens (tertiary/aromatic N) is 5. The van der Waals surface area contributed by atoms with Gasteiger partial charge in [-0.05, 0) is 86.1 Å².